The number of amides is 3. The number of anilines is 2. The zero-order chi connectivity index (χ0) is 23.9. The lowest BCUT2D eigenvalue weighted by atomic mass is 9.88. The molecule has 1 aliphatic rings. The summed E-state index contributed by atoms with van der Waals surface area (Å²) in [5.74, 6) is 0.611. The first-order chi connectivity index (χ1) is 16.5. The molecule has 0 aliphatic carbocycles. The molecule has 0 bridgehead atoms. The topological polar surface area (TPSA) is 137 Å². The number of halogens is 1. The number of hydrogen-bond donors (Lipinski definition) is 4. The van der Waals surface area contributed by atoms with Gasteiger partial charge in [-0.05, 0) is 42.8 Å². The van der Waals surface area contributed by atoms with Crippen molar-refractivity contribution in [3.8, 4) is 5.75 Å². The van der Waals surface area contributed by atoms with E-state index in [9.17, 15) is 9.59 Å². The van der Waals surface area contributed by atoms with Crippen LogP contribution in [0.2, 0.25) is 5.02 Å². The maximum absolute atomic E-state index is 12.7. The molecule has 0 radical (unpaired) electrons. The van der Waals surface area contributed by atoms with Crippen LogP contribution in [0.4, 0.5) is 16.4 Å². The molecule has 12 heteroatoms. The molecule has 3 amide bonds. The van der Waals surface area contributed by atoms with E-state index in [4.69, 9.17) is 16.3 Å². The standard InChI is InChI=1S/C22H25ClN8O3/c1-34-16-6-7-18(24-10-16)17-11-31(12-20(32)29-21-25-13-26-30-21)9-8-19(17)28-22(33)27-15-4-2-14(23)3-5-15/h2-7,10,13,17,19H,8-9,11-12H2,1H3,(H2,27,28,33)(H2,25,26,29,30,32). The Hall–Kier alpha value is -3.70. The van der Waals surface area contributed by atoms with Crippen LogP contribution in [0.1, 0.15) is 18.0 Å². The van der Waals surface area contributed by atoms with Crippen molar-refractivity contribution < 1.29 is 14.3 Å². The summed E-state index contributed by atoms with van der Waals surface area (Å²) >= 11 is 5.92. The minimum atomic E-state index is -0.317. The van der Waals surface area contributed by atoms with E-state index in [1.54, 1.807) is 37.6 Å². The predicted octanol–water partition coefficient (Wildman–Crippen LogP) is 2.48. The van der Waals surface area contributed by atoms with Gasteiger partial charge in [0.1, 0.15) is 12.1 Å². The average Bonchev–Trinajstić information content (AvgIpc) is 3.34. The van der Waals surface area contributed by atoms with E-state index in [1.165, 1.54) is 6.33 Å². The van der Waals surface area contributed by atoms with E-state index in [0.29, 0.717) is 41.9 Å². The molecule has 2 atom stereocenters. The minimum absolute atomic E-state index is 0.131. The normalized spacial score (nSPS) is 18.2. The van der Waals surface area contributed by atoms with Crippen LogP contribution in [0.5, 0.6) is 5.75 Å². The second-order valence-corrected chi connectivity index (χ2v) is 8.28. The molecule has 0 spiro atoms. The highest BCUT2D eigenvalue weighted by molar-refractivity contribution is 6.30. The number of urea groups is 1. The van der Waals surface area contributed by atoms with Crippen molar-refractivity contribution in [3.63, 3.8) is 0 Å². The summed E-state index contributed by atoms with van der Waals surface area (Å²) in [6.45, 7) is 1.34. The van der Waals surface area contributed by atoms with Crippen molar-refractivity contribution in [3.05, 3.63) is 59.6 Å². The number of pyridine rings is 1. The van der Waals surface area contributed by atoms with Crippen LogP contribution in [-0.2, 0) is 4.79 Å². The van der Waals surface area contributed by atoms with Crippen LogP contribution >= 0.6 is 11.6 Å². The third-order valence-electron chi connectivity index (χ3n) is 5.53. The Kier molecular flexibility index (Phi) is 7.55. The monoisotopic (exact) mass is 484 g/mol. The molecule has 1 fully saturated rings. The van der Waals surface area contributed by atoms with Gasteiger partial charge >= 0.3 is 6.03 Å². The lowest BCUT2D eigenvalue weighted by Crippen LogP contribution is -2.52. The van der Waals surface area contributed by atoms with E-state index in [-0.39, 0.29) is 30.4 Å². The van der Waals surface area contributed by atoms with Crippen LogP contribution in [0.15, 0.2) is 48.9 Å². The van der Waals surface area contributed by atoms with Crippen molar-refractivity contribution in [1.29, 1.82) is 0 Å². The molecule has 2 unspecified atom stereocenters. The molecule has 2 aromatic heterocycles. The number of hydrogen-bond acceptors (Lipinski definition) is 7. The number of likely N-dealkylation sites (tertiary alicyclic amines) is 1. The third kappa shape index (κ3) is 6.21. The fourth-order valence-electron chi connectivity index (χ4n) is 3.88. The predicted molar refractivity (Wildman–Crippen MR) is 127 cm³/mol. The number of benzene rings is 1. The Morgan fingerprint density at radius 2 is 2.00 bits per heavy atom. The zero-order valence-corrected chi connectivity index (χ0v) is 19.2. The highest BCUT2D eigenvalue weighted by Crippen LogP contribution is 2.27. The van der Waals surface area contributed by atoms with Crippen molar-refractivity contribution in [2.24, 2.45) is 0 Å². The Bertz CT molecular complexity index is 1090. The first kappa shape index (κ1) is 23.5. The van der Waals surface area contributed by atoms with Gasteiger partial charge in [0.2, 0.25) is 11.9 Å². The van der Waals surface area contributed by atoms with Gasteiger partial charge < -0.3 is 15.4 Å². The van der Waals surface area contributed by atoms with Gasteiger partial charge in [0.25, 0.3) is 0 Å². The Morgan fingerprint density at radius 1 is 1.18 bits per heavy atom. The van der Waals surface area contributed by atoms with Crippen LogP contribution in [0, 0.1) is 0 Å². The first-order valence-electron chi connectivity index (χ1n) is 10.7. The van der Waals surface area contributed by atoms with Crippen LogP contribution in [-0.4, -0.2) is 69.8 Å². The molecule has 178 valence electrons. The molecule has 4 N–H and O–H groups in total. The number of aromatic nitrogens is 4. The summed E-state index contributed by atoms with van der Waals surface area (Å²) < 4.78 is 5.22. The van der Waals surface area contributed by atoms with Gasteiger partial charge in [-0.15, -0.1) is 0 Å². The molecule has 1 aromatic carbocycles. The third-order valence-corrected chi connectivity index (χ3v) is 5.78. The number of aromatic amines is 1. The number of nitrogens with zero attached hydrogens (tertiary/aromatic N) is 4. The summed E-state index contributed by atoms with van der Waals surface area (Å²) in [6, 6.07) is 10.1. The van der Waals surface area contributed by atoms with Crippen LogP contribution < -0.4 is 20.7 Å². The number of carbonyl (C=O) groups excluding carboxylic acids is 2. The Morgan fingerprint density at radius 3 is 2.68 bits per heavy atom. The quantitative estimate of drug-likeness (QED) is 0.404. The number of nitrogens with one attached hydrogen (secondary N) is 4. The molecular weight excluding hydrogens is 460 g/mol. The molecule has 1 saturated heterocycles. The summed E-state index contributed by atoms with van der Waals surface area (Å²) in [4.78, 5) is 35.6. The van der Waals surface area contributed by atoms with Gasteiger partial charge in [-0.25, -0.2) is 9.89 Å². The van der Waals surface area contributed by atoms with E-state index < -0.39 is 0 Å². The van der Waals surface area contributed by atoms with Crippen molar-refractivity contribution >= 4 is 35.2 Å². The zero-order valence-electron chi connectivity index (χ0n) is 18.5. The smallest absolute Gasteiger partial charge is 0.319 e. The van der Waals surface area contributed by atoms with Gasteiger partial charge in [0.15, 0.2) is 0 Å². The Labute approximate surface area is 201 Å². The highest BCUT2D eigenvalue weighted by Gasteiger charge is 2.33. The maximum Gasteiger partial charge on any atom is 0.319 e. The van der Waals surface area contributed by atoms with Crippen molar-refractivity contribution in [2.45, 2.75) is 18.4 Å². The van der Waals surface area contributed by atoms with Crippen LogP contribution in [0.25, 0.3) is 0 Å². The summed E-state index contributed by atoms with van der Waals surface area (Å²) in [7, 11) is 1.58. The minimum Gasteiger partial charge on any atom is -0.495 e. The number of methoxy groups -OCH3 is 1. The molecular formula is C22H25ClN8O3. The van der Waals surface area contributed by atoms with E-state index >= 15 is 0 Å². The number of carbonyl (C=O) groups is 2. The van der Waals surface area contributed by atoms with Gasteiger partial charge in [0, 0.05) is 41.5 Å². The molecule has 0 saturated carbocycles. The van der Waals surface area contributed by atoms with Crippen molar-refractivity contribution in [1.82, 2.24) is 30.4 Å². The van der Waals surface area contributed by atoms with Gasteiger partial charge in [-0.2, -0.15) is 10.1 Å². The van der Waals surface area contributed by atoms with Crippen molar-refractivity contribution in [2.75, 3.05) is 37.4 Å². The highest BCUT2D eigenvalue weighted by atomic mass is 35.5. The fourth-order valence-corrected chi connectivity index (χ4v) is 4.00. The van der Waals surface area contributed by atoms with Gasteiger partial charge in [-0.1, -0.05) is 11.6 Å². The van der Waals surface area contributed by atoms with E-state index in [2.05, 4.69) is 36.1 Å². The van der Waals surface area contributed by atoms with E-state index in [0.717, 1.165) is 5.69 Å². The molecule has 3 heterocycles. The second-order valence-electron chi connectivity index (χ2n) is 7.85. The van der Waals surface area contributed by atoms with Gasteiger partial charge in [-0.3, -0.25) is 20.0 Å². The lowest BCUT2D eigenvalue weighted by Gasteiger charge is -2.38. The lowest BCUT2D eigenvalue weighted by molar-refractivity contribution is -0.117. The Balaban J connectivity index is 1.43. The fraction of sp³-hybridized carbons (Fsp3) is 0.318. The number of rotatable bonds is 7. The average molecular weight is 485 g/mol. The number of H-pyrrole nitrogens is 1. The summed E-state index contributed by atoms with van der Waals surface area (Å²) in [5.41, 5.74) is 1.44. The number of ether oxygens (including phenoxy) is 1. The molecule has 4 rings (SSSR count). The van der Waals surface area contributed by atoms with Crippen LogP contribution in [0.3, 0.4) is 0 Å². The number of piperidine rings is 1. The molecule has 11 nitrogen and oxygen atoms in total. The molecule has 34 heavy (non-hydrogen) atoms. The van der Waals surface area contributed by atoms with E-state index in [1.807, 2.05) is 17.0 Å². The SMILES string of the molecule is COc1ccc(C2CN(CC(=O)Nc3ncn[nH]3)CCC2NC(=O)Nc2ccc(Cl)cc2)nc1. The molecule has 1 aliphatic heterocycles. The second kappa shape index (κ2) is 10.9. The summed E-state index contributed by atoms with van der Waals surface area (Å²) in [6.07, 6.45) is 3.62. The van der Waals surface area contributed by atoms with Gasteiger partial charge in [0.05, 0.1) is 19.9 Å². The molecule has 3 aromatic rings. The summed E-state index contributed by atoms with van der Waals surface area (Å²) in [5, 5.41) is 15.5. The maximum atomic E-state index is 12.7. The first-order valence-corrected chi connectivity index (χ1v) is 11.1. The largest absolute Gasteiger partial charge is 0.495 e.